The lowest BCUT2D eigenvalue weighted by atomic mass is 10.1. The van der Waals surface area contributed by atoms with Gasteiger partial charge in [-0.3, -0.25) is 10.1 Å². The van der Waals surface area contributed by atoms with Gasteiger partial charge in [-0.2, -0.15) is 5.26 Å². The molecule has 0 aliphatic carbocycles. The maximum absolute atomic E-state index is 10.7. The molecule has 2 aromatic carbocycles. The summed E-state index contributed by atoms with van der Waals surface area (Å²) in [5.74, 6) is 0. The summed E-state index contributed by atoms with van der Waals surface area (Å²) in [6.07, 6.45) is 0. The van der Waals surface area contributed by atoms with Crippen LogP contribution in [0, 0.1) is 28.4 Å². The summed E-state index contributed by atoms with van der Waals surface area (Å²) < 4.78 is 0. The zero-order chi connectivity index (χ0) is 14.5. The third-order valence-electron chi connectivity index (χ3n) is 2.96. The lowest BCUT2D eigenvalue weighted by Crippen LogP contribution is -2.00. The van der Waals surface area contributed by atoms with Gasteiger partial charge in [0, 0.05) is 24.4 Å². The van der Waals surface area contributed by atoms with Gasteiger partial charge in [0.1, 0.15) is 0 Å². The van der Waals surface area contributed by atoms with Crippen LogP contribution in [0.4, 0.5) is 11.4 Å². The zero-order valence-corrected chi connectivity index (χ0v) is 11.0. The quantitative estimate of drug-likeness (QED) is 0.680. The van der Waals surface area contributed by atoms with Crippen LogP contribution < -0.4 is 5.32 Å². The van der Waals surface area contributed by atoms with Crippen molar-refractivity contribution in [1.82, 2.24) is 0 Å². The van der Waals surface area contributed by atoms with E-state index in [1.165, 1.54) is 6.07 Å². The average molecular weight is 267 g/mol. The van der Waals surface area contributed by atoms with Crippen molar-refractivity contribution in [2.24, 2.45) is 0 Å². The maximum atomic E-state index is 10.7. The van der Waals surface area contributed by atoms with Crippen LogP contribution in [0.2, 0.25) is 0 Å². The number of anilines is 1. The molecule has 0 saturated heterocycles. The number of nitro benzene ring substituents is 1. The van der Waals surface area contributed by atoms with Crippen molar-refractivity contribution in [3.8, 4) is 6.07 Å². The number of rotatable bonds is 4. The Morgan fingerprint density at radius 2 is 2.10 bits per heavy atom. The van der Waals surface area contributed by atoms with Gasteiger partial charge < -0.3 is 5.32 Å². The fraction of sp³-hybridized carbons (Fsp3) is 0.133. The summed E-state index contributed by atoms with van der Waals surface area (Å²) in [6, 6.07) is 14.1. The highest BCUT2D eigenvalue weighted by Gasteiger charge is 2.05. The molecule has 100 valence electrons. The van der Waals surface area contributed by atoms with Crippen molar-refractivity contribution >= 4 is 11.4 Å². The van der Waals surface area contributed by atoms with E-state index in [4.69, 9.17) is 5.26 Å². The van der Waals surface area contributed by atoms with Crippen molar-refractivity contribution < 1.29 is 4.92 Å². The summed E-state index contributed by atoms with van der Waals surface area (Å²) >= 11 is 0. The predicted octanol–water partition coefficient (Wildman–Crippen LogP) is 3.39. The predicted molar refractivity (Wildman–Crippen MR) is 76.3 cm³/mol. The van der Waals surface area contributed by atoms with E-state index in [0.29, 0.717) is 12.1 Å². The van der Waals surface area contributed by atoms with E-state index < -0.39 is 4.92 Å². The molecular formula is C15H13N3O2. The summed E-state index contributed by atoms with van der Waals surface area (Å²) in [5, 5.41) is 22.7. The van der Waals surface area contributed by atoms with E-state index in [1.54, 1.807) is 18.2 Å². The molecule has 0 radical (unpaired) electrons. The molecule has 0 saturated carbocycles. The Morgan fingerprint density at radius 3 is 2.75 bits per heavy atom. The number of nitrogens with one attached hydrogen (secondary N) is 1. The molecule has 1 N–H and O–H groups in total. The Kier molecular flexibility index (Phi) is 3.96. The normalized spacial score (nSPS) is 9.80. The monoisotopic (exact) mass is 267 g/mol. The van der Waals surface area contributed by atoms with Gasteiger partial charge in [-0.1, -0.05) is 12.1 Å². The molecule has 5 nitrogen and oxygen atoms in total. The minimum atomic E-state index is -0.407. The second-order valence-corrected chi connectivity index (χ2v) is 4.42. The Balaban J connectivity index is 2.09. The Hall–Kier alpha value is -2.87. The minimum absolute atomic E-state index is 0.0836. The van der Waals surface area contributed by atoms with Gasteiger partial charge in [0.25, 0.3) is 5.69 Å². The van der Waals surface area contributed by atoms with E-state index in [1.807, 2.05) is 25.1 Å². The van der Waals surface area contributed by atoms with E-state index in [2.05, 4.69) is 11.4 Å². The number of aryl methyl sites for hydroxylation is 1. The number of nitro groups is 1. The average Bonchev–Trinajstić information content (AvgIpc) is 2.45. The molecule has 20 heavy (non-hydrogen) atoms. The van der Waals surface area contributed by atoms with Crippen LogP contribution in [-0.2, 0) is 6.54 Å². The van der Waals surface area contributed by atoms with Gasteiger partial charge in [-0.15, -0.1) is 0 Å². The lowest BCUT2D eigenvalue weighted by molar-refractivity contribution is -0.384. The molecule has 0 atom stereocenters. The second-order valence-electron chi connectivity index (χ2n) is 4.42. The number of nitriles is 1. The second kappa shape index (κ2) is 5.85. The number of hydrogen-bond acceptors (Lipinski definition) is 4. The van der Waals surface area contributed by atoms with E-state index in [-0.39, 0.29) is 5.69 Å². The van der Waals surface area contributed by atoms with Crippen LogP contribution in [0.5, 0.6) is 0 Å². The van der Waals surface area contributed by atoms with Crippen molar-refractivity contribution in [3.63, 3.8) is 0 Å². The van der Waals surface area contributed by atoms with Crippen molar-refractivity contribution in [1.29, 1.82) is 5.26 Å². The molecule has 5 heteroatoms. The first kappa shape index (κ1) is 13.6. The van der Waals surface area contributed by atoms with Crippen LogP contribution in [0.25, 0.3) is 0 Å². The van der Waals surface area contributed by atoms with E-state index in [9.17, 15) is 10.1 Å². The Morgan fingerprint density at radius 1 is 1.30 bits per heavy atom. The van der Waals surface area contributed by atoms with E-state index in [0.717, 1.165) is 16.8 Å². The standard InChI is InChI=1S/C15H13N3O2/c1-11-7-14(6-5-13(11)9-16)17-10-12-3-2-4-15(8-12)18(19)20/h2-8,17H,10H2,1H3. The Labute approximate surface area is 116 Å². The molecule has 0 bridgehead atoms. The van der Waals surface area contributed by atoms with Crippen molar-refractivity contribution in [2.75, 3.05) is 5.32 Å². The number of nitrogens with zero attached hydrogens (tertiary/aromatic N) is 2. The van der Waals surface area contributed by atoms with Gasteiger partial charge in [0.15, 0.2) is 0 Å². The summed E-state index contributed by atoms with van der Waals surface area (Å²) in [7, 11) is 0. The van der Waals surface area contributed by atoms with Gasteiger partial charge in [0.05, 0.1) is 16.6 Å². The lowest BCUT2D eigenvalue weighted by Gasteiger charge is -2.08. The first-order valence-corrected chi connectivity index (χ1v) is 6.08. The molecule has 0 aliphatic rings. The van der Waals surface area contributed by atoms with Gasteiger partial charge in [-0.05, 0) is 36.2 Å². The van der Waals surface area contributed by atoms with Crippen molar-refractivity contribution in [2.45, 2.75) is 13.5 Å². The largest absolute Gasteiger partial charge is 0.381 e. The molecule has 0 aliphatic heterocycles. The van der Waals surface area contributed by atoms with E-state index >= 15 is 0 Å². The number of hydrogen-bond donors (Lipinski definition) is 1. The molecule has 0 fully saturated rings. The van der Waals surface area contributed by atoms with Gasteiger partial charge >= 0.3 is 0 Å². The molecule has 0 unspecified atom stereocenters. The highest BCUT2D eigenvalue weighted by molar-refractivity contribution is 5.52. The summed E-state index contributed by atoms with van der Waals surface area (Å²) in [5.41, 5.74) is 3.34. The molecule has 2 rings (SSSR count). The molecule has 0 amide bonds. The Bertz CT molecular complexity index is 690. The molecule has 0 spiro atoms. The number of non-ortho nitro benzene ring substituents is 1. The van der Waals surface area contributed by atoms with Crippen LogP contribution in [0.15, 0.2) is 42.5 Å². The maximum Gasteiger partial charge on any atom is 0.269 e. The fourth-order valence-electron chi connectivity index (χ4n) is 1.88. The summed E-state index contributed by atoms with van der Waals surface area (Å²) in [4.78, 5) is 10.3. The number of benzene rings is 2. The van der Waals surface area contributed by atoms with Crippen LogP contribution in [0.3, 0.4) is 0 Å². The topological polar surface area (TPSA) is 79.0 Å². The SMILES string of the molecule is Cc1cc(NCc2cccc([N+](=O)[O-])c2)ccc1C#N. The molecular weight excluding hydrogens is 254 g/mol. The third kappa shape index (κ3) is 3.12. The summed E-state index contributed by atoms with van der Waals surface area (Å²) in [6.45, 7) is 2.37. The highest BCUT2D eigenvalue weighted by atomic mass is 16.6. The highest BCUT2D eigenvalue weighted by Crippen LogP contribution is 2.17. The first-order valence-electron chi connectivity index (χ1n) is 6.08. The third-order valence-corrected chi connectivity index (χ3v) is 2.96. The van der Waals surface area contributed by atoms with Gasteiger partial charge in [-0.25, -0.2) is 0 Å². The van der Waals surface area contributed by atoms with Crippen LogP contribution in [0.1, 0.15) is 16.7 Å². The van der Waals surface area contributed by atoms with Crippen LogP contribution in [-0.4, -0.2) is 4.92 Å². The smallest absolute Gasteiger partial charge is 0.269 e. The first-order chi connectivity index (χ1) is 9.60. The fourth-order valence-corrected chi connectivity index (χ4v) is 1.88. The van der Waals surface area contributed by atoms with Crippen LogP contribution >= 0.6 is 0 Å². The molecule has 0 heterocycles. The molecule has 0 aromatic heterocycles. The molecule has 2 aromatic rings. The minimum Gasteiger partial charge on any atom is -0.381 e. The van der Waals surface area contributed by atoms with Gasteiger partial charge in [0.2, 0.25) is 0 Å². The van der Waals surface area contributed by atoms with Crippen molar-refractivity contribution in [3.05, 3.63) is 69.3 Å². The zero-order valence-electron chi connectivity index (χ0n) is 11.0.